The van der Waals surface area contributed by atoms with Crippen LogP contribution in [-0.2, 0) is 16.1 Å². The molecule has 1 heterocycles. The Morgan fingerprint density at radius 3 is 2.69 bits per heavy atom. The van der Waals surface area contributed by atoms with Gasteiger partial charge in [-0.05, 0) is 47.2 Å². The molecular weight excluding hydrogens is 491 g/mol. The number of hydrogen-bond donors (Lipinski definition) is 2. The largest absolute Gasteiger partial charge is 0.479 e. The van der Waals surface area contributed by atoms with E-state index in [4.69, 9.17) is 9.47 Å². The summed E-state index contributed by atoms with van der Waals surface area (Å²) in [4.78, 5) is 37.3. The van der Waals surface area contributed by atoms with E-state index in [1.54, 1.807) is 13.0 Å². The van der Waals surface area contributed by atoms with Crippen molar-refractivity contribution in [2.75, 3.05) is 18.0 Å². The van der Waals surface area contributed by atoms with Crippen LogP contribution in [-0.4, -0.2) is 42.3 Å². The minimum absolute atomic E-state index is 0.0792. The number of benzene rings is 2. The molecule has 0 saturated heterocycles. The van der Waals surface area contributed by atoms with Crippen molar-refractivity contribution < 1.29 is 29.0 Å². The zero-order valence-electron chi connectivity index (χ0n) is 15.6. The van der Waals surface area contributed by atoms with Crippen LogP contribution < -0.4 is 15.0 Å². The molecule has 8 nitrogen and oxygen atoms in total. The molecule has 29 heavy (non-hydrogen) atoms. The summed E-state index contributed by atoms with van der Waals surface area (Å²) in [5.41, 5.74) is 1.31. The standard InChI is InChI=1S/C20H19IN2O6/c1-12-18(24)23(16-9-14(19(25)26)15(21)10-17(16)29-12)8-7-22-20(27)28-11-13-5-3-2-4-6-13/h2-6,9-10,12H,7-8,11H2,1H3,(H,22,27)(H,25,26)/t12-/m1/s1. The second-order valence-corrected chi connectivity index (χ2v) is 7.51. The van der Waals surface area contributed by atoms with Gasteiger partial charge in [0.25, 0.3) is 5.91 Å². The van der Waals surface area contributed by atoms with Crippen molar-refractivity contribution in [1.82, 2.24) is 5.32 Å². The van der Waals surface area contributed by atoms with E-state index < -0.39 is 18.2 Å². The van der Waals surface area contributed by atoms with Crippen molar-refractivity contribution >= 4 is 46.2 Å². The third-order valence-electron chi connectivity index (χ3n) is 4.30. The molecule has 0 fully saturated rings. The molecule has 1 aliphatic heterocycles. The first-order chi connectivity index (χ1) is 13.9. The highest BCUT2D eigenvalue weighted by atomic mass is 127. The fourth-order valence-electron chi connectivity index (χ4n) is 2.87. The number of fused-ring (bicyclic) bond motifs is 1. The number of nitrogens with zero attached hydrogens (tertiary/aromatic N) is 1. The lowest BCUT2D eigenvalue weighted by Crippen LogP contribution is -2.47. The average molecular weight is 510 g/mol. The Kier molecular flexibility index (Phi) is 6.57. The number of carboxylic acid groups (broad SMARTS) is 1. The Balaban J connectivity index is 1.64. The molecular formula is C20H19IN2O6. The third kappa shape index (κ3) is 4.97. The van der Waals surface area contributed by atoms with Crippen molar-refractivity contribution in [1.29, 1.82) is 0 Å². The van der Waals surface area contributed by atoms with Crippen molar-refractivity contribution in [3.8, 4) is 5.75 Å². The SMILES string of the molecule is C[C@H]1Oc2cc(I)c(C(=O)O)cc2N(CCNC(=O)OCc2ccccc2)C1=O. The molecule has 3 rings (SSSR count). The molecule has 152 valence electrons. The maximum atomic E-state index is 12.5. The number of alkyl carbamates (subject to hydrolysis) is 1. The van der Waals surface area contributed by atoms with Gasteiger partial charge in [0.05, 0.1) is 11.3 Å². The molecule has 2 N–H and O–H groups in total. The fourth-order valence-corrected chi connectivity index (χ4v) is 3.54. The van der Waals surface area contributed by atoms with E-state index in [0.29, 0.717) is 15.0 Å². The first kappa shape index (κ1) is 20.9. The van der Waals surface area contributed by atoms with Gasteiger partial charge < -0.3 is 24.8 Å². The lowest BCUT2D eigenvalue weighted by Gasteiger charge is -2.33. The molecule has 0 spiro atoms. The van der Waals surface area contributed by atoms with Gasteiger partial charge in [0.1, 0.15) is 12.4 Å². The number of rotatable bonds is 6. The molecule has 9 heteroatoms. The number of amides is 2. The summed E-state index contributed by atoms with van der Waals surface area (Å²) in [5.74, 6) is -0.974. The highest BCUT2D eigenvalue weighted by molar-refractivity contribution is 14.1. The van der Waals surface area contributed by atoms with Crippen molar-refractivity contribution in [3.05, 3.63) is 57.2 Å². The summed E-state index contributed by atoms with van der Waals surface area (Å²) < 4.78 is 11.3. The molecule has 0 unspecified atom stereocenters. The minimum atomic E-state index is -1.09. The number of nitrogens with one attached hydrogen (secondary N) is 1. The molecule has 1 atom stereocenters. The van der Waals surface area contributed by atoms with Gasteiger partial charge in [-0.3, -0.25) is 4.79 Å². The van der Waals surface area contributed by atoms with Crippen LogP contribution >= 0.6 is 22.6 Å². The summed E-state index contributed by atoms with van der Waals surface area (Å²) in [5, 5.41) is 12.0. The van der Waals surface area contributed by atoms with Crippen LogP contribution in [0.15, 0.2) is 42.5 Å². The Labute approximate surface area is 180 Å². The van der Waals surface area contributed by atoms with E-state index >= 15 is 0 Å². The van der Waals surface area contributed by atoms with Gasteiger partial charge >= 0.3 is 12.1 Å². The van der Waals surface area contributed by atoms with Crippen molar-refractivity contribution in [2.45, 2.75) is 19.6 Å². The van der Waals surface area contributed by atoms with Crippen LogP contribution in [0.3, 0.4) is 0 Å². The Bertz CT molecular complexity index is 934. The van der Waals surface area contributed by atoms with Gasteiger partial charge in [-0.25, -0.2) is 9.59 Å². The third-order valence-corrected chi connectivity index (χ3v) is 5.20. The van der Waals surface area contributed by atoms with E-state index in [1.807, 2.05) is 52.9 Å². The molecule has 0 bridgehead atoms. The Hall–Kier alpha value is -2.82. The average Bonchev–Trinajstić information content (AvgIpc) is 2.69. The first-order valence-corrected chi connectivity index (χ1v) is 9.94. The molecule has 2 amide bonds. The smallest absolute Gasteiger partial charge is 0.407 e. The fraction of sp³-hybridized carbons (Fsp3) is 0.250. The van der Waals surface area contributed by atoms with Gasteiger partial charge in [0, 0.05) is 16.7 Å². The number of ether oxygens (including phenoxy) is 2. The zero-order chi connectivity index (χ0) is 21.0. The minimum Gasteiger partial charge on any atom is -0.479 e. The quantitative estimate of drug-likeness (QED) is 0.580. The Morgan fingerprint density at radius 1 is 1.28 bits per heavy atom. The van der Waals surface area contributed by atoms with Gasteiger partial charge in [0.15, 0.2) is 6.10 Å². The van der Waals surface area contributed by atoms with Gasteiger partial charge in [-0.15, -0.1) is 0 Å². The van der Waals surface area contributed by atoms with Crippen molar-refractivity contribution in [2.24, 2.45) is 0 Å². The van der Waals surface area contributed by atoms with Crippen LogP contribution in [0.1, 0.15) is 22.8 Å². The van der Waals surface area contributed by atoms with Crippen LogP contribution in [0.4, 0.5) is 10.5 Å². The second kappa shape index (κ2) is 9.12. The zero-order valence-corrected chi connectivity index (χ0v) is 17.7. The van der Waals surface area contributed by atoms with E-state index in [2.05, 4.69) is 5.32 Å². The van der Waals surface area contributed by atoms with Crippen molar-refractivity contribution in [3.63, 3.8) is 0 Å². The highest BCUT2D eigenvalue weighted by Crippen LogP contribution is 2.37. The van der Waals surface area contributed by atoms with Crippen LogP contribution in [0.2, 0.25) is 0 Å². The topological polar surface area (TPSA) is 105 Å². The molecule has 1 aliphatic rings. The van der Waals surface area contributed by atoms with Gasteiger partial charge in [-0.2, -0.15) is 0 Å². The van der Waals surface area contributed by atoms with Crippen LogP contribution in [0, 0.1) is 3.57 Å². The number of aromatic carboxylic acids is 1. The van der Waals surface area contributed by atoms with E-state index in [9.17, 15) is 19.5 Å². The number of carboxylic acids is 1. The van der Waals surface area contributed by atoms with Crippen LogP contribution in [0.5, 0.6) is 5.75 Å². The number of carbonyl (C=O) groups excluding carboxylic acids is 2. The van der Waals surface area contributed by atoms with Gasteiger partial charge in [0.2, 0.25) is 0 Å². The number of hydrogen-bond acceptors (Lipinski definition) is 5. The summed E-state index contributed by atoms with van der Waals surface area (Å²) in [7, 11) is 0. The number of halogens is 1. The molecule has 2 aromatic rings. The Morgan fingerprint density at radius 2 is 2.00 bits per heavy atom. The summed E-state index contributed by atoms with van der Waals surface area (Å²) in [6.07, 6.45) is -1.31. The molecule has 0 aromatic heterocycles. The summed E-state index contributed by atoms with van der Waals surface area (Å²) in [6, 6.07) is 12.3. The summed E-state index contributed by atoms with van der Waals surface area (Å²) in [6.45, 7) is 2.06. The maximum Gasteiger partial charge on any atom is 0.407 e. The highest BCUT2D eigenvalue weighted by Gasteiger charge is 2.32. The lowest BCUT2D eigenvalue weighted by atomic mass is 10.1. The van der Waals surface area contributed by atoms with Crippen LogP contribution in [0.25, 0.3) is 0 Å². The lowest BCUT2D eigenvalue weighted by molar-refractivity contribution is -0.125. The molecule has 2 aromatic carbocycles. The number of carbonyl (C=O) groups is 3. The molecule has 0 saturated carbocycles. The molecule has 0 radical (unpaired) electrons. The normalized spacial score (nSPS) is 15.3. The second-order valence-electron chi connectivity index (χ2n) is 6.34. The predicted octanol–water partition coefficient (Wildman–Crippen LogP) is 3.03. The number of anilines is 1. The van der Waals surface area contributed by atoms with E-state index in [-0.39, 0.29) is 31.2 Å². The van der Waals surface area contributed by atoms with E-state index in [1.165, 1.54) is 11.0 Å². The monoisotopic (exact) mass is 510 g/mol. The summed E-state index contributed by atoms with van der Waals surface area (Å²) >= 11 is 1.91. The van der Waals surface area contributed by atoms with E-state index in [0.717, 1.165) is 5.56 Å². The maximum absolute atomic E-state index is 12.5. The first-order valence-electron chi connectivity index (χ1n) is 8.86. The van der Waals surface area contributed by atoms with Gasteiger partial charge in [-0.1, -0.05) is 30.3 Å². The predicted molar refractivity (Wildman–Crippen MR) is 113 cm³/mol. The molecule has 0 aliphatic carbocycles.